The van der Waals surface area contributed by atoms with Crippen molar-refractivity contribution in [1.82, 2.24) is 10.6 Å². The third-order valence-corrected chi connectivity index (χ3v) is 3.65. The standard InChI is InChI=1S/C17H26N4O.HI/c1-3-11-19-16(22)9-12-20-17(18-4-2)21-13-10-14-7-5-6-8-15(14)21;/h5-8H,3-4,9-13H2,1-2H3,(H,18,20)(H,19,22);1H. The molecule has 2 N–H and O–H groups in total. The Morgan fingerprint density at radius 3 is 2.78 bits per heavy atom. The second-order valence-electron chi connectivity index (χ2n) is 5.37. The molecule has 0 fully saturated rings. The van der Waals surface area contributed by atoms with Crippen LogP contribution >= 0.6 is 24.0 Å². The average molecular weight is 430 g/mol. The van der Waals surface area contributed by atoms with Crippen molar-refractivity contribution in [1.29, 1.82) is 0 Å². The Morgan fingerprint density at radius 1 is 1.26 bits per heavy atom. The van der Waals surface area contributed by atoms with E-state index in [2.05, 4.69) is 51.7 Å². The van der Waals surface area contributed by atoms with Crippen molar-refractivity contribution in [2.24, 2.45) is 4.99 Å². The Hall–Kier alpha value is -1.31. The quantitative estimate of drug-likeness (QED) is 0.415. The van der Waals surface area contributed by atoms with Crippen LogP contribution in [0.4, 0.5) is 5.69 Å². The van der Waals surface area contributed by atoms with Gasteiger partial charge in [0.1, 0.15) is 0 Å². The van der Waals surface area contributed by atoms with Crippen LogP contribution in [0.1, 0.15) is 32.3 Å². The highest BCUT2D eigenvalue weighted by molar-refractivity contribution is 14.0. The highest BCUT2D eigenvalue weighted by Crippen LogP contribution is 2.27. The van der Waals surface area contributed by atoms with E-state index in [0.717, 1.165) is 38.4 Å². The van der Waals surface area contributed by atoms with E-state index in [-0.39, 0.29) is 29.9 Å². The first-order valence-corrected chi connectivity index (χ1v) is 8.16. The number of nitrogens with one attached hydrogen (secondary N) is 2. The van der Waals surface area contributed by atoms with Crippen LogP contribution in [0.2, 0.25) is 0 Å². The SMILES string of the molecule is CCCNC(=O)CCN=C(NCC)N1CCc2ccccc21.I. The Labute approximate surface area is 156 Å². The van der Waals surface area contributed by atoms with Crippen molar-refractivity contribution < 1.29 is 4.79 Å². The fourth-order valence-corrected chi connectivity index (χ4v) is 2.57. The number of benzene rings is 1. The third kappa shape index (κ3) is 5.67. The summed E-state index contributed by atoms with van der Waals surface area (Å²) in [6.45, 7) is 7.11. The number of rotatable bonds is 6. The molecule has 0 radical (unpaired) electrons. The number of nitrogens with zero attached hydrogens (tertiary/aromatic N) is 2. The summed E-state index contributed by atoms with van der Waals surface area (Å²) in [7, 11) is 0. The van der Waals surface area contributed by atoms with Crippen molar-refractivity contribution in [3.63, 3.8) is 0 Å². The lowest BCUT2D eigenvalue weighted by molar-refractivity contribution is -0.120. The average Bonchev–Trinajstić information content (AvgIpc) is 2.96. The Kier molecular flexibility index (Phi) is 8.98. The van der Waals surface area contributed by atoms with E-state index in [1.165, 1.54) is 11.3 Å². The van der Waals surface area contributed by atoms with Gasteiger partial charge in [-0.2, -0.15) is 0 Å². The lowest BCUT2D eigenvalue weighted by atomic mass is 10.2. The fraction of sp³-hybridized carbons (Fsp3) is 0.529. The summed E-state index contributed by atoms with van der Waals surface area (Å²) < 4.78 is 0. The molecule has 1 heterocycles. The number of hydrogen-bond acceptors (Lipinski definition) is 2. The Balaban J connectivity index is 0.00000264. The molecule has 1 aliphatic heterocycles. The molecular formula is C17H27IN4O. The number of halogens is 1. The first-order chi connectivity index (χ1) is 10.8. The predicted molar refractivity (Wildman–Crippen MR) is 107 cm³/mol. The lowest BCUT2D eigenvalue weighted by Gasteiger charge is -2.22. The summed E-state index contributed by atoms with van der Waals surface area (Å²) in [5.41, 5.74) is 2.58. The minimum atomic E-state index is 0. The molecule has 1 aliphatic rings. The fourth-order valence-electron chi connectivity index (χ4n) is 2.57. The van der Waals surface area contributed by atoms with E-state index in [0.29, 0.717) is 13.0 Å². The monoisotopic (exact) mass is 430 g/mol. The van der Waals surface area contributed by atoms with Gasteiger partial charge in [0.25, 0.3) is 0 Å². The van der Waals surface area contributed by atoms with Gasteiger partial charge < -0.3 is 15.5 Å². The zero-order valence-corrected chi connectivity index (χ0v) is 16.3. The van der Waals surface area contributed by atoms with E-state index in [9.17, 15) is 4.79 Å². The molecule has 0 bridgehead atoms. The van der Waals surface area contributed by atoms with Crippen molar-refractivity contribution in [3.8, 4) is 0 Å². The van der Waals surface area contributed by atoms with Crippen LogP contribution in [0.15, 0.2) is 29.3 Å². The van der Waals surface area contributed by atoms with Crippen LogP contribution in [-0.4, -0.2) is 38.0 Å². The zero-order chi connectivity index (χ0) is 15.8. The molecule has 0 spiro atoms. The van der Waals surface area contributed by atoms with Crippen LogP contribution in [0.25, 0.3) is 0 Å². The Bertz CT molecular complexity index is 533. The van der Waals surface area contributed by atoms with E-state index in [1.54, 1.807) is 0 Å². The highest BCUT2D eigenvalue weighted by Gasteiger charge is 2.22. The molecule has 6 heteroatoms. The molecule has 0 aliphatic carbocycles. The molecule has 2 rings (SSSR count). The van der Waals surface area contributed by atoms with Gasteiger partial charge in [0, 0.05) is 31.7 Å². The smallest absolute Gasteiger partial charge is 0.221 e. The van der Waals surface area contributed by atoms with Crippen LogP contribution in [0, 0.1) is 0 Å². The van der Waals surface area contributed by atoms with E-state index in [4.69, 9.17) is 0 Å². The summed E-state index contributed by atoms with van der Waals surface area (Å²) in [5.74, 6) is 0.944. The van der Waals surface area contributed by atoms with E-state index < -0.39 is 0 Å². The normalized spacial score (nSPS) is 13.3. The minimum Gasteiger partial charge on any atom is -0.356 e. The van der Waals surface area contributed by atoms with Gasteiger partial charge in [0.2, 0.25) is 5.91 Å². The highest BCUT2D eigenvalue weighted by atomic mass is 127. The molecule has 0 aromatic heterocycles. The van der Waals surface area contributed by atoms with Crippen molar-refractivity contribution >= 4 is 41.5 Å². The second kappa shape index (κ2) is 10.5. The number of fused-ring (bicyclic) bond motifs is 1. The van der Waals surface area contributed by atoms with Crippen LogP contribution in [0.5, 0.6) is 0 Å². The molecule has 1 amide bonds. The number of carbonyl (C=O) groups excluding carboxylic acids is 1. The second-order valence-corrected chi connectivity index (χ2v) is 5.37. The van der Waals surface area contributed by atoms with Gasteiger partial charge >= 0.3 is 0 Å². The molecule has 1 aromatic carbocycles. The van der Waals surface area contributed by atoms with Crippen molar-refractivity contribution in [2.75, 3.05) is 31.1 Å². The summed E-state index contributed by atoms with van der Waals surface area (Å²) in [5, 5.41) is 6.21. The molecule has 0 saturated heterocycles. The van der Waals surface area contributed by atoms with Gasteiger partial charge in [0.15, 0.2) is 5.96 Å². The molecule has 0 atom stereocenters. The maximum absolute atomic E-state index is 11.6. The number of guanidine groups is 1. The zero-order valence-electron chi connectivity index (χ0n) is 14.0. The molecule has 0 unspecified atom stereocenters. The topological polar surface area (TPSA) is 56.7 Å². The van der Waals surface area contributed by atoms with Gasteiger partial charge in [-0.3, -0.25) is 9.79 Å². The number of aliphatic imine (C=N–C) groups is 1. The van der Waals surface area contributed by atoms with E-state index in [1.807, 2.05) is 6.92 Å². The Morgan fingerprint density at radius 2 is 2.04 bits per heavy atom. The third-order valence-electron chi connectivity index (χ3n) is 3.65. The lowest BCUT2D eigenvalue weighted by Crippen LogP contribution is -2.40. The van der Waals surface area contributed by atoms with Gasteiger partial charge in [-0.15, -0.1) is 24.0 Å². The molecular weight excluding hydrogens is 403 g/mol. The number of carbonyl (C=O) groups is 1. The number of anilines is 1. The van der Waals surface area contributed by atoms with Crippen molar-refractivity contribution in [3.05, 3.63) is 29.8 Å². The van der Waals surface area contributed by atoms with Gasteiger partial charge in [-0.05, 0) is 31.4 Å². The first kappa shape index (κ1) is 19.7. The largest absolute Gasteiger partial charge is 0.356 e. The predicted octanol–water partition coefficient (Wildman–Crippen LogP) is 2.55. The summed E-state index contributed by atoms with van der Waals surface area (Å²) in [4.78, 5) is 18.5. The molecule has 1 aromatic rings. The molecule has 23 heavy (non-hydrogen) atoms. The van der Waals surface area contributed by atoms with Crippen LogP contribution < -0.4 is 15.5 Å². The van der Waals surface area contributed by atoms with Gasteiger partial charge in [-0.25, -0.2) is 0 Å². The maximum atomic E-state index is 11.6. The molecule has 5 nitrogen and oxygen atoms in total. The van der Waals surface area contributed by atoms with Crippen LogP contribution in [0.3, 0.4) is 0 Å². The van der Waals surface area contributed by atoms with Gasteiger partial charge in [-0.1, -0.05) is 25.1 Å². The van der Waals surface area contributed by atoms with E-state index >= 15 is 0 Å². The maximum Gasteiger partial charge on any atom is 0.221 e. The molecule has 128 valence electrons. The number of amides is 1. The summed E-state index contributed by atoms with van der Waals surface area (Å²) >= 11 is 0. The van der Waals surface area contributed by atoms with Crippen molar-refractivity contribution in [2.45, 2.75) is 33.1 Å². The first-order valence-electron chi connectivity index (χ1n) is 8.16. The molecule has 0 saturated carbocycles. The number of para-hydroxylation sites is 1. The summed E-state index contributed by atoms with van der Waals surface area (Å²) in [6, 6.07) is 8.42. The van der Waals surface area contributed by atoms with Gasteiger partial charge in [0.05, 0.1) is 6.54 Å². The van der Waals surface area contributed by atoms with Crippen LogP contribution in [-0.2, 0) is 11.2 Å². The minimum absolute atomic E-state index is 0. The number of hydrogen-bond donors (Lipinski definition) is 2. The summed E-state index contributed by atoms with van der Waals surface area (Å²) in [6.07, 6.45) is 2.43.